The van der Waals surface area contributed by atoms with Crippen LogP contribution in [-0.4, -0.2) is 72.3 Å². The van der Waals surface area contributed by atoms with Crippen molar-refractivity contribution in [3.8, 4) is 0 Å². The number of benzene rings is 1. The fourth-order valence-corrected chi connectivity index (χ4v) is 3.72. The summed E-state index contributed by atoms with van der Waals surface area (Å²) in [5.41, 5.74) is 2.01. The summed E-state index contributed by atoms with van der Waals surface area (Å²) in [5.74, 6) is 1.08. The molecule has 2 amide bonds. The summed E-state index contributed by atoms with van der Waals surface area (Å²) in [7, 11) is 0. The van der Waals surface area contributed by atoms with Gasteiger partial charge in [-0.25, -0.2) is 0 Å². The standard InChI is InChI=1S/C21H31N3O2/c1-3-18-4-6-19(7-5-18)21(26)24-14-12-22(13-15-24)16-20(25)23-10-8-17(2)9-11-23/h4-7,17H,3,8-16H2,1-2H3. The van der Waals surface area contributed by atoms with Crippen molar-refractivity contribution in [3.05, 3.63) is 35.4 Å². The lowest BCUT2D eigenvalue weighted by molar-refractivity contribution is -0.134. The van der Waals surface area contributed by atoms with Gasteiger partial charge in [0.05, 0.1) is 6.54 Å². The number of aryl methyl sites for hydroxylation is 1. The first-order chi connectivity index (χ1) is 12.6. The molecule has 5 nitrogen and oxygen atoms in total. The van der Waals surface area contributed by atoms with Crippen LogP contribution in [0, 0.1) is 5.92 Å². The summed E-state index contributed by atoms with van der Waals surface area (Å²) in [4.78, 5) is 31.2. The molecule has 0 spiro atoms. The van der Waals surface area contributed by atoms with Gasteiger partial charge in [0.1, 0.15) is 0 Å². The van der Waals surface area contributed by atoms with Crippen LogP contribution in [0.15, 0.2) is 24.3 Å². The van der Waals surface area contributed by atoms with Crippen LogP contribution in [0.2, 0.25) is 0 Å². The number of piperazine rings is 1. The topological polar surface area (TPSA) is 43.9 Å². The Hall–Kier alpha value is -1.88. The zero-order chi connectivity index (χ0) is 18.5. The van der Waals surface area contributed by atoms with Gasteiger partial charge in [-0.2, -0.15) is 0 Å². The summed E-state index contributed by atoms with van der Waals surface area (Å²) in [6.45, 7) is 9.58. The molecule has 26 heavy (non-hydrogen) atoms. The molecule has 2 saturated heterocycles. The minimum Gasteiger partial charge on any atom is -0.342 e. The van der Waals surface area contributed by atoms with Gasteiger partial charge in [0, 0.05) is 44.8 Å². The summed E-state index contributed by atoms with van der Waals surface area (Å²) in [5, 5.41) is 0. The maximum atomic E-state index is 12.6. The van der Waals surface area contributed by atoms with Crippen LogP contribution in [0.5, 0.6) is 0 Å². The third-order valence-corrected chi connectivity index (χ3v) is 5.76. The predicted molar refractivity (Wildman–Crippen MR) is 103 cm³/mol. The molecule has 142 valence electrons. The van der Waals surface area contributed by atoms with E-state index < -0.39 is 0 Å². The third kappa shape index (κ3) is 4.64. The number of carbonyl (C=O) groups is 2. The monoisotopic (exact) mass is 357 g/mol. The Morgan fingerprint density at radius 1 is 0.923 bits per heavy atom. The fraction of sp³-hybridized carbons (Fsp3) is 0.619. The van der Waals surface area contributed by atoms with E-state index in [-0.39, 0.29) is 11.8 Å². The highest BCUT2D eigenvalue weighted by molar-refractivity contribution is 5.94. The minimum absolute atomic E-state index is 0.101. The predicted octanol–water partition coefficient (Wildman–Crippen LogP) is 2.27. The van der Waals surface area contributed by atoms with Crippen molar-refractivity contribution in [1.29, 1.82) is 0 Å². The minimum atomic E-state index is 0.101. The molecular formula is C21H31N3O2. The number of nitrogens with zero attached hydrogens (tertiary/aromatic N) is 3. The second-order valence-electron chi connectivity index (χ2n) is 7.68. The van der Waals surface area contributed by atoms with Crippen LogP contribution in [-0.2, 0) is 11.2 Å². The fourth-order valence-electron chi connectivity index (χ4n) is 3.72. The van der Waals surface area contributed by atoms with E-state index in [4.69, 9.17) is 0 Å². The van der Waals surface area contributed by atoms with E-state index in [9.17, 15) is 9.59 Å². The Labute approximate surface area is 156 Å². The van der Waals surface area contributed by atoms with Gasteiger partial charge in [-0.15, -0.1) is 0 Å². The van der Waals surface area contributed by atoms with E-state index >= 15 is 0 Å². The van der Waals surface area contributed by atoms with E-state index in [0.717, 1.165) is 56.9 Å². The zero-order valence-corrected chi connectivity index (χ0v) is 16.1. The van der Waals surface area contributed by atoms with Crippen LogP contribution in [0.4, 0.5) is 0 Å². The Balaban J connectivity index is 1.46. The molecule has 0 unspecified atom stereocenters. The maximum absolute atomic E-state index is 12.6. The van der Waals surface area contributed by atoms with Gasteiger partial charge in [-0.05, 0) is 42.9 Å². The number of hydrogen-bond donors (Lipinski definition) is 0. The summed E-state index contributed by atoms with van der Waals surface area (Å²) >= 11 is 0. The Kier molecular flexibility index (Phi) is 6.30. The van der Waals surface area contributed by atoms with Gasteiger partial charge in [0.2, 0.25) is 5.91 Å². The van der Waals surface area contributed by atoms with E-state index in [1.165, 1.54) is 5.56 Å². The second-order valence-corrected chi connectivity index (χ2v) is 7.68. The molecular weight excluding hydrogens is 326 g/mol. The molecule has 1 aromatic rings. The van der Waals surface area contributed by atoms with Crippen molar-refractivity contribution in [1.82, 2.24) is 14.7 Å². The molecule has 1 aromatic carbocycles. The van der Waals surface area contributed by atoms with Crippen LogP contribution < -0.4 is 0 Å². The van der Waals surface area contributed by atoms with E-state index in [1.807, 2.05) is 34.1 Å². The largest absolute Gasteiger partial charge is 0.342 e. The molecule has 0 aromatic heterocycles. The lowest BCUT2D eigenvalue weighted by Gasteiger charge is -2.36. The average molecular weight is 357 g/mol. The Morgan fingerprint density at radius 3 is 2.12 bits per heavy atom. The highest BCUT2D eigenvalue weighted by Crippen LogP contribution is 2.16. The third-order valence-electron chi connectivity index (χ3n) is 5.76. The summed E-state index contributed by atoms with van der Waals surface area (Å²) in [6, 6.07) is 7.91. The van der Waals surface area contributed by atoms with Gasteiger partial charge in [0.25, 0.3) is 5.91 Å². The zero-order valence-electron chi connectivity index (χ0n) is 16.1. The van der Waals surface area contributed by atoms with Crippen molar-refractivity contribution in [2.75, 3.05) is 45.8 Å². The first-order valence-corrected chi connectivity index (χ1v) is 9.95. The SMILES string of the molecule is CCc1ccc(C(=O)N2CCN(CC(=O)N3CCC(C)CC3)CC2)cc1. The molecule has 0 atom stereocenters. The summed E-state index contributed by atoms with van der Waals surface area (Å²) in [6.07, 6.45) is 3.22. The molecule has 0 aliphatic carbocycles. The molecule has 3 rings (SSSR count). The number of amides is 2. The van der Waals surface area contributed by atoms with Crippen molar-refractivity contribution >= 4 is 11.8 Å². The van der Waals surface area contributed by atoms with E-state index in [0.29, 0.717) is 19.6 Å². The number of hydrogen-bond acceptors (Lipinski definition) is 3. The Bertz CT molecular complexity index is 613. The van der Waals surface area contributed by atoms with Crippen LogP contribution in [0.25, 0.3) is 0 Å². The molecule has 2 fully saturated rings. The van der Waals surface area contributed by atoms with Crippen LogP contribution in [0.3, 0.4) is 0 Å². The van der Waals surface area contributed by atoms with Crippen molar-refractivity contribution in [2.24, 2.45) is 5.92 Å². The second kappa shape index (κ2) is 8.67. The highest BCUT2D eigenvalue weighted by atomic mass is 16.2. The average Bonchev–Trinajstić information content (AvgIpc) is 2.68. The molecule has 0 bridgehead atoms. The maximum Gasteiger partial charge on any atom is 0.253 e. The Morgan fingerprint density at radius 2 is 1.54 bits per heavy atom. The van der Waals surface area contributed by atoms with Crippen molar-refractivity contribution in [3.63, 3.8) is 0 Å². The highest BCUT2D eigenvalue weighted by Gasteiger charge is 2.26. The van der Waals surface area contributed by atoms with Gasteiger partial charge < -0.3 is 9.80 Å². The smallest absolute Gasteiger partial charge is 0.253 e. The molecule has 2 heterocycles. The number of piperidine rings is 1. The lowest BCUT2D eigenvalue weighted by Crippen LogP contribution is -2.52. The number of likely N-dealkylation sites (tertiary alicyclic amines) is 1. The van der Waals surface area contributed by atoms with Gasteiger partial charge in [0.15, 0.2) is 0 Å². The van der Waals surface area contributed by atoms with Crippen molar-refractivity contribution in [2.45, 2.75) is 33.1 Å². The molecule has 2 aliphatic heterocycles. The molecule has 5 heteroatoms. The summed E-state index contributed by atoms with van der Waals surface area (Å²) < 4.78 is 0. The van der Waals surface area contributed by atoms with Gasteiger partial charge in [-0.3, -0.25) is 14.5 Å². The molecule has 0 N–H and O–H groups in total. The van der Waals surface area contributed by atoms with Crippen LogP contribution >= 0.6 is 0 Å². The van der Waals surface area contributed by atoms with E-state index in [2.05, 4.69) is 18.7 Å². The normalized spacial score (nSPS) is 19.6. The lowest BCUT2D eigenvalue weighted by atomic mass is 9.99. The van der Waals surface area contributed by atoms with E-state index in [1.54, 1.807) is 0 Å². The quantitative estimate of drug-likeness (QED) is 0.830. The number of carbonyl (C=O) groups excluding carboxylic acids is 2. The number of rotatable bonds is 4. The first-order valence-electron chi connectivity index (χ1n) is 9.95. The van der Waals surface area contributed by atoms with Crippen LogP contribution in [0.1, 0.15) is 42.6 Å². The van der Waals surface area contributed by atoms with Gasteiger partial charge in [-0.1, -0.05) is 26.0 Å². The molecule has 0 radical (unpaired) electrons. The molecule has 0 saturated carbocycles. The van der Waals surface area contributed by atoms with Crippen molar-refractivity contribution < 1.29 is 9.59 Å². The molecule has 2 aliphatic rings. The first kappa shape index (κ1) is 18.9. The van der Waals surface area contributed by atoms with Gasteiger partial charge >= 0.3 is 0 Å².